The number of rotatable bonds is 5. The summed E-state index contributed by atoms with van der Waals surface area (Å²) < 4.78 is 5.98. The Labute approximate surface area is 136 Å². The Morgan fingerprint density at radius 2 is 1.87 bits per heavy atom. The highest BCUT2D eigenvalue weighted by Gasteiger charge is 2.40. The van der Waals surface area contributed by atoms with Gasteiger partial charge in [0, 0.05) is 18.7 Å². The van der Waals surface area contributed by atoms with Crippen molar-refractivity contribution < 1.29 is 14.6 Å². The van der Waals surface area contributed by atoms with Gasteiger partial charge >= 0.3 is 5.97 Å². The van der Waals surface area contributed by atoms with E-state index in [1.807, 2.05) is 61.5 Å². The molecular formula is C19H21NO3. The molecule has 0 radical (unpaired) electrons. The summed E-state index contributed by atoms with van der Waals surface area (Å²) in [6.45, 7) is 3.89. The first-order valence-corrected chi connectivity index (χ1v) is 7.83. The van der Waals surface area contributed by atoms with E-state index in [-0.39, 0.29) is 0 Å². The lowest BCUT2D eigenvalue weighted by molar-refractivity contribution is -0.147. The van der Waals surface area contributed by atoms with Gasteiger partial charge in [-0.15, -0.1) is 0 Å². The van der Waals surface area contributed by atoms with Crippen LogP contribution in [0.15, 0.2) is 54.6 Å². The molecule has 2 aromatic rings. The molecule has 0 saturated carbocycles. The van der Waals surface area contributed by atoms with E-state index in [2.05, 4.69) is 4.90 Å². The second kappa shape index (κ2) is 6.42. The molecule has 0 aromatic heterocycles. The van der Waals surface area contributed by atoms with Crippen molar-refractivity contribution in [2.24, 2.45) is 5.41 Å². The molecule has 0 bridgehead atoms. The lowest BCUT2D eigenvalue weighted by atomic mass is 9.90. The molecule has 1 aliphatic heterocycles. The fourth-order valence-corrected chi connectivity index (χ4v) is 2.96. The summed E-state index contributed by atoms with van der Waals surface area (Å²) >= 11 is 0. The van der Waals surface area contributed by atoms with Gasteiger partial charge in [0.05, 0.1) is 5.41 Å². The van der Waals surface area contributed by atoms with E-state index in [0.717, 1.165) is 23.6 Å². The van der Waals surface area contributed by atoms with Crippen LogP contribution in [0, 0.1) is 5.41 Å². The van der Waals surface area contributed by atoms with E-state index in [0.29, 0.717) is 19.5 Å². The molecule has 1 N–H and O–H groups in total. The Bertz CT molecular complexity index is 686. The summed E-state index contributed by atoms with van der Waals surface area (Å²) in [5.74, 6) is 0.910. The number of carboxylic acid groups (broad SMARTS) is 1. The second-order valence-corrected chi connectivity index (χ2v) is 6.35. The smallest absolute Gasteiger partial charge is 0.310 e. The molecule has 0 spiro atoms. The third-order valence-corrected chi connectivity index (χ3v) is 4.41. The first kappa shape index (κ1) is 15.6. The zero-order chi connectivity index (χ0) is 16.3. The minimum Gasteiger partial charge on any atom is -0.481 e. The number of para-hydroxylation sites is 2. The quantitative estimate of drug-likeness (QED) is 0.913. The van der Waals surface area contributed by atoms with Crippen LogP contribution >= 0.6 is 0 Å². The van der Waals surface area contributed by atoms with E-state index in [4.69, 9.17) is 4.74 Å². The number of ether oxygens (including phenoxy) is 1. The predicted octanol–water partition coefficient (Wildman–Crippen LogP) is 3.78. The summed E-state index contributed by atoms with van der Waals surface area (Å²) in [7, 11) is 0. The van der Waals surface area contributed by atoms with Crippen molar-refractivity contribution in [2.45, 2.75) is 19.9 Å². The van der Waals surface area contributed by atoms with Gasteiger partial charge in [-0.2, -0.15) is 0 Å². The van der Waals surface area contributed by atoms with Gasteiger partial charge in [-0.1, -0.05) is 36.4 Å². The van der Waals surface area contributed by atoms with Crippen molar-refractivity contribution in [1.29, 1.82) is 0 Å². The predicted molar refractivity (Wildman–Crippen MR) is 88.6 cm³/mol. The van der Waals surface area contributed by atoms with E-state index >= 15 is 0 Å². The standard InChI is InChI=1S/C19H21NO3/c1-19(18(21)22)11-12-20(14-19)13-15-7-5-6-10-17(15)23-16-8-3-2-4-9-16/h2-10H,11-14H2,1H3,(H,21,22). The Hall–Kier alpha value is -2.33. The van der Waals surface area contributed by atoms with Crippen molar-refractivity contribution >= 4 is 5.97 Å². The van der Waals surface area contributed by atoms with Crippen molar-refractivity contribution in [1.82, 2.24) is 4.90 Å². The van der Waals surface area contributed by atoms with Gasteiger partial charge in [0.2, 0.25) is 0 Å². The molecule has 1 heterocycles. The average Bonchev–Trinajstić information content (AvgIpc) is 2.93. The molecule has 4 nitrogen and oxygen atoms in total. The number of aliphatic carboxylic acids is 1. The number of carboxylic acids is 1. The molecule has 0 amide bonds. The monoisotopic (exact) mass is 311 g/mol. The summed E-state index contributed by atoms with van der Waals surface area (Å²) in [5.41, 5.74) is 0.431. The second-order valence-electron chi connectivity index (χ2n) is 6.35. The molecule has 1 saturated heterocycles. The molecule has 2 aromatic carbocycles. The average molecular weight is 311 g/mol. The van der Waals surface area contributed by atoms with Crippen molar-refractivity contribution in [3.63, 3.8) is 0 Å². The zero-order valence-corrected chi connectivity index (χ0v) is 13.2. The molecule has 0 aliphatic carbocycles. The first-order chi connectivity index (χ1) is 11.1. The number of nitrogens with zero attached hydrogens (tertiary/aromatic N) is 1. The van der Waals surface area contributed by atoms with E-state index in [1.165, 1.54) is 0 Å². The molecule has 1 unspecified atom stereocenters. The van der Waals surface area contributed by atoms with Gasteiger partial charge in [-0.05, 0) is 38.1 Å². The number of benzene rings is 2. The Balaban J connectivity index is 1.73. The molecular weight excluding hydrogens is 290 g/mol. The van der Waals surface area contributed by atoms with Crippen LogP contribution in [0.2, 0.25) is 0 Å². The normalized spacial score (nSPS) is 21.3. The fourth-order valence-electron chi connectivity index (χ4n) is 2.96. The minimum absolute atomic E-state index is 0.571. The number of likely N-dealkylation sites (tertiary alicyclic amines) is 1. The third-order valence-electron chi connectivity index (χ3n) is 4.41. The van der Waals surface area contributed by atoms with E-state index in [9.17, 15) is 9.90 Å². The highest BCUT2D eigenvalue weighted by molar-refractivity contribution is 5.74. The number of hydrogen-bond acceptors (Lipinski definition) is 3. The van der Waals surface area contributed by atoms with E-state index in [1.54, 1.807) is 0 Å². The Morgan fingerprint density at radius 1 is 1.17 bits per heavy atom. The van der Waals surface area contributed by atoms with Gasteiger partial charge in [0.1, 0.15) is 11.5 Å². The van der Waals surface area contributed by atoms with Gasteiger partial charge in [0.25, 0.3) is 0 Å². The molecule has 1 fully saturated rings. The Morgan fingerprint density at radius 3 is 2.57 bits per heavy atom. The van der Waals surface area contributed by atoms with Crippen LogP contribution in [-0.4, -0.2) is 29.1 Å². The molecule has 3 rings (SSSR count). The van der Waals surface area contributed by atoms with Crippen LogP contribution in [0.25, 0.3) is 0 Å². The topological polar surface area (TPSA) is 49.8 Å². The first-order valence-electron chi connectivity index (χ1n) is 7.83. The Kier molecular flexibility index (Phi) is 4.35. The summed E-state index contributed by atoms with van der Waals surface area (Å²) in [6.07, 6.45) is 0.685. The fraction of sp³-hybridized carbons (Fsp3) is 0.316. The number of hydrogen-bond donors (Lipinski definition) is 1. The lowest BCUT2D eigenvalue weighted by Crippen LogP contribution is -2.31. The van der Waals surface area contributed by atoms with Crippen LogP contribution in [0.4, 0.5) is 0 Å². The maximum atomic E-state index is 11.4. The van der Waals surface area contributed by atoms with E-state index < -0.39 is 11.4 Å². The van der Waals surface area contributed by atoms with Gasteiger partial charge < -0.3 is 9.84 Å². The largest absolute Gasteiger partial charge is 0.481 e. The molecule has 23 heavy (non-hydrogen) atoms. The summed E-state index contributed by atoms with van der Waals surface area (Å²) in [6, 6.07) is 17.6. The maximum Gasteiger partial charge on any atom is 0.310 e. The van der Waals surface area contributed by atoms with Crippen molar-refractivity contribution in [3.8, 4) is 11.5 Å². The van der Waals surface area contributed by atoms with Gasteiger partial charge in [-0.3, -0.25) is 9.69 Å². The van der Waals surface area contributed by atoms with Crippen molar-refractivity contribution in [2.75, 3.05) is 13.1 Å². The van der Waals surface area contributed by atoms with Crippen LogP contribution < -0.4 is 4.74 Å². The van der Waals surface area contributed by atoms with Gasteiger partial charge in [0.15, 0.2) is 0 Å². The van der Waals surface area contributed by atoms with Gasteiger partial charge in [-0.25, -0.2) is 0 Å². The zero-order valence-electron chi connectivity index (χ0n) is 13.2. The molecule has 4 heteroatoms. The van der Waals surface area contributed by atoms with Crippen molar-refractivity contribution in [3.05, 3.63) is 60.2 Å². The summed E-state index contributed by atoms with van der Waals surface area (Å²) in [4.78, 5) is 13.6. The van der Waals surface area contributed by atoms with Crippen LogP contribution in [0.5, 0.6) is 11.5 Å². The molecule has 1 aliphatic rings. The third kappa shape index (κ3) is 3.54. The van der Waals surface area contributed by atoms with Crippen LogP contribution in [0.3, 0.4) is 0 Å². The summed E-state index contributed by atoms with van der Waals surface area (Å²) in [5, 5.41) is 9.35. The number of carbonyl (C=O) groups is 1. The van der Waals surface area contributed by atoms with Crippen LogP contribution in [0.1, 0.15) is 18.9 Å². The molecule has 120 valence electrons. The van der Waals surface area contributed by atoms with Crippen LogP contribution in [-0.2, 0) is 11.3 Å². The maximum absolute atomic E-state index is 11.4. The lowest BCUT2D eigenvalue weighted by Gasteiger charge is -2.21. The molecule has 1 atom stereocenters. The highest BCUT2D eigenvalue weighted by atomic mass is 16.5. The SMILES string of the molecule is CC1(C(=O)O)CCN(Cc2ccccc2Oc2ccccc2)C1. The highest BCUT2D eigenvalue weighted by Crippen LogP contribution is 2.33. The minimum atomic E-state index is -0.714.